The molecule has 2 nitrogen and oxygen atoms in total. The summed E-state index contributed by atoms with van der Waals surface area (Å²) in [6.45, 7) is 4.37. The Balaban J connectivity index is 2.08. The quantitative estimate of drug-likeness (QED) is 0.754. The van der Waals surface area contributed by atoms with Crippen LogP contribution in [0.15, 0.2) is 18.2 Å². The van der Waals surface area contributed by atoms with Gasteiger partial charge in [0.2, 0.25) is 0 Å². The van der Waals surface area contributed by atoms with E-state index >= 15 is 0 Å². The van der Waals surface area contributed by atoms with E-state index in [2.05, 4.69) is 19.2 Å². The molecule has 1 saturated heterocycles. The highest BCUT2D eigenvalue weighted by molar-refractivity contribution is 5.43. The summed E-state index contributed by atoms with van der Waals surface area (Å²) in [5.74, 6) is -0.256. The number of benzene rings is 1. The molecule has 1 atom stereocenters. The second-order valence-corrected chi connectivity index (χ2v) is 5.29. The van der Waals surface area contributed by atoms with E-state index in [1.807, 2.05) is 12.1 Å². The smallest absolute Gasteiger partial charge is 0.149 e. The molecule has 3 heteroatoms. The molecule has 88 valence electrons. The second kappa shape index (κ2) is 4.06. The van der Waals surface area contributed by atoms with Crippen molar-refractivity contribution >= 4 is 5.69 Å². The van der Waals surface area contributed by atoms with Crippen molar-refractivity contribution in [3.8, 4) is 0 Å². The third-order valence-corrected chi connectivity index (χ3v) is 3.29. The zero-order valence-corrected chi connectivity index (χ0v) is 9.89. The molecule has 0 radical (unpaired) electrons. The van der Waals surface area contributed by atoms with E-state index in [9.17, 15) is 4.39 Å². The van der Waals surface area contributed by atoms with Gasteiger partial charge in [-0.1, -0.05) is 12.1 Å². The normalized spacial score (nSPS) is 23.6. The van der Waals surface area contributed by atoms with Gasteiger partial charge in [-0.15, -0.1) is 0 Å². The molecule has 1 aliphatic rings. The Labute approximate surface area is 96.0 Å². The average Bonchev–Trinajstić information content (AvgIpc) is 2.53. The van der Waals surface area contributed by atoms with Gasteiger partial charge in [-0.25, -0.2) is 4.39 Å². The highest BCUT2D eigenvalue weighted by atomic mass is 19.1. The maximum atomic E-state index is 13.7. The van der Waals surface area contributed by atoms with Gasteiger partial charge in [0.25, 0.3) is 0 Å². The Morgan fingerprint density at radius 3 is 2.88 bits per heavy atom. The van der Waals surface area contributed by atoms with Gasteiger partial charge >= 0.3 is 0 Å². The number of nitrogens with one attached hydrogen (secondary N) is 1. The molecule has 1 aromatic rings. The van der Waals surface area contributed by atoms with E-state index in [0.29, 0.717) is 6.04 Å². The first kappa shape index (κ1) is 11.4. The van der Waals surface area contributed by atoms with E-state index in [1.165, 1.54) is 0 Å². The lowest BCUT2D eigenvalue weighted by Crippen LogP contribution is -2.38. The van der Waals surface area contributed by atoms with Gasteiger partial charge in [-0.3, -0.25) is 0 Å². The van der Waals surface area contributed by atoms with Gasteiger partial charge in [0.1, 0.15) is 5.82 Å². The van der Waals surface area contributed by atoms with Crippen LogP contribution in [0.1, 0.15) is 32.3 Å². The van der Waals surface area contributed by atoms with Crippen molar-refractivity contribution in [1.82, 2.24) is 5.32 Å². The van der Waals surface area contributed by atoms with Crippen LogP contribution in [0.4, 0.5) is 10.1 Å². The summed E-state index contributed by atoms with van der Waals surface area (Å²) in [7, 11) is 0. The molecule has 0 aromatic heterocycles. The van der Waals surface area contributed by atoms with Gasteiger partial charge < -0.3 is 11.1 Å². The Morgan fingerprint density at radius 2 is 2.25 bits per heavy atom. The van der Waals surface area contributed by atoms with E-state index in [4.69, 9.17) is 5.73 Å². The summed E-state index contributed by atoms with van der Waals surface area (Å²) in [4.78, 5) is 0. The lowest BCUT2D eigenvalue weighted by molar-refractivity contribution is 0.425. The van der Waals surface area contributed by atoms with Crippen molar-refractivity contribution in [2.75, 3.05) is 5.73 Å². The van der Waals surface area contributed by atoms with Gasteiger partial charge in [0, 0.05) is 11.6 Å². The van der Waals surface area contributed by atoms with Crippen molar-refractivity contribution in [3.63, 3.8) is 0 Å². The van der Waals surface area contributed by atoms with Crippen LogP contribution in [0.25, 0.3) is 0 Å². The Hall–Kier alpha value is -1.09. The number of halogens is 1. The molecule has 1 aliphatic heterocycles. The standard InChI is InChI=1S/C13H19FN2/c1-13(2)7-6-10(16-13)8-9-4-3-5-11(15)12(9)14/h3-5,10,16H,6-8,15H2,1-2H3. The van der Waals surface area contributed by atoms with Crippen LogP contribution < -0.4 is 11.1 Å². The molecular weight excluding hydrogens is 203 g/mol. The van der Waals surface area contributed by atoms with Gasteiger partial charge in [-0.2, -0.15) is 0 Å². The number of anilines is 1. The van der Waals surface area contributed by atoms with Gasteiger partial charge in [-0.05, 0) is 44.7 Å². The van der Waals surface area contributed by atoms with E-state index < -0.39 is 0 Å². The third kappa shape index (κ3) is 2.35. The fraction of sp³-hybridized carbons (Fsp3) is 0.538. The summed E-state index contributed by atoms with van der Waals surface area (Å²) < 4.78 is 13.7. The second-order valence-electron chi connectivity index (χ2n) is 5.29. The minimum absolute atomic E-state index is 0.182. The molecule has 1 heterocycles. The molecule has 1 unspecified atom stereocenters. The first-order valence-corrected chi connectivity index (χ1v) is 5.78. The lowest BCUT2D eigenvalue weighted by atomic mass is 10.0. The van der Waals surface area contributed by atoms with Gasteiger partial charge in [0.15, 0.2) is 0 Å². The predicted octanol–water partition coefficient (Wildman–Crippen LogP) is 2.48. The number of rotatable bonds is 2. The van der Waals surface area contributed by atoms with Crippen molar-refractivity contribution in [2.45, 2.75) is 44.7 Å². The molecule has 0 aliphatic carbocycles. The topological polar surface area (TPSA) is 38.0 Å². The summed E-state index contributed by atoms with van der Waals surface area (Å²) in [5, 5.41) is 3.52. The summed E-state index contributed by atoms with van der Waals surface area (Å²) in [6.07, 6.45) is 2.96. The first-order chi connectivity index (χ1) is 7.48. The zero-order chi connectivity index (χ0) is 11.8. The molecular formula is C13H19FN2. The molecule has 0 saturated carbocycles. The van der Waals surface area contributed by atoms with Crippen LogP contribution in [-0.2, 0) is 6.42 Å². The predicted molar refractivity (Wildman–Crippen MR) is 64.8 cm³/mol. The van der Waals surface area contributed by atoms with Crippen molar-refractivity contribution in [1.29, 1.82) is 0 Å². The number of nitrogens with two attached hydrogens (primary N) is 1. The van der Waals surface area contributed by atoms with Crippen LogP contribution in [0, 0.1) is 5.82 Å². The Kier molecular flexibility index (Phi) is 2.89. The fourth-order valence-corrected chi connectivity index (χ4v) is 2.41. The average molecular weight is 222 g/mol. The number of hydrogen-bond acceptors (Lipinski definition) is 2. The molecule has 1 fully saturated rings. The summed E-state index contributed by atoms with van der Waals surface area (Å²) in [6, 6.07) is 5.60. The van der Waals surface area contributed by atoms with Crippen molar-refractivity contribution in [2.24, 2.45) is 0 Å². The molecule has 0 spiro atoms. The van der Waals surface area contributed by atoms with E-state index in [1.54, 1.807) is 6.07 Å². The Bertz CT molecular complexity index is 388. The summed E-state index contributed by atoms with van der Waals surface area (Å²) >= 11 is 0. The van der Waals surface area contributed by atoms with E-state index in [0.717, 1.165) is 24.8 Å². The van der Waals surface area contributed by atoms with E-state index in [-0.39, 0.29) is 17.0 Å². The third-order valence-electron chi connectivity index (χ3n) is 3.29. The monoisotopic (exact) mass is 222 g/mol. The molecule has 0 bridgehead atoms. The lowest BCUT2D eigenvalue weighted by Gasteiger charge is -2.20. The highest BCUT2D eigenvalue weighted by Crippen LogP contribution is 2.25. The number of nitrogen functional groups attached to an aromatic ring is 1. The molecule has 1 aromatic carbocycles. The van der Waals surface area contributed by atoms with Crippen LogP contribution >= 0.6 is 0 Å². The molecule has 2 rings (SSSR count). The van der Waals surface area contributed by atoms with Crippen molar-refractivity contribution in [3.05, 3.63) is 29.6 Å². The summed E-state index contributed by atoms with van der Waals surface area (Å²) in [5.41, 5.74) is 6.70. The van der Waals surface area contributed by atoms with Gasteiger partial charge in [0.05, 0.1) is 5.69 Å². The SMILES string of the molecule is CC1(C)CCC(Cc2cccc(N)c2F)N1. The maximum Gasteiger partial charge on any atom is 0.149 e. The van der Waals surface area contributed by atoms with Crippen molar-refractivity contribution < 1.29 is 4.39 Å². The molecule has 3 N–H and O–H groups in total. The molecule has 0 amide bonds. The van der Waals surface area contributed by atoms with Crippen LogP contribution in [0.2, 0.25) is 0 Å². The van der Waals surface area contributed by atoms with Crippen LogP contribution in [0.5, 0.6) is 0 Å². The fourth-order valence-electron chi connectivity index (χ4n) is 2.41. The zero-order valence-electron chi connectivity index (χ0n) is 9.89. The largest absolute Gasteiger partial charge is 0.396 e. The molecule has 16 heavy (non-hydrogen) atoms. The van der Waals surface area contributed by atoms with Crippen LogP contribution in [-0.4, -0.2) is 11.6 Å². The minimum Gasteiger partial charge on any atom is -0.396 e. The highest BCUT2D eigenvalue weighted by Gasteiger charge is 2.30. The number of hydrogen-bond donors (Lipinski definition) is 2. The van der Waals surface area contributed by atoms with Crippen LogP contribution in [0.3, 0.4) is 0 Å². The Morgan fingerprint density at radius 1 is 1.50 bits per heavy atom. The first-order valence-electron chi connectivity index (χ1n) is 5.78. The minimum atomic E-state index is -0.256. The maximum absolute atomic E-state index is 13.7.